The molecule has 1 atom stereocenters. The van der Waals surface area contributed by atoms with E-state index in [-0.39, 0.29) is 17.1 Å². The highest BCUT2D eigenvalue weighted by atomic mass is 19.4. The first-order valence-corrected chi connectivity index (χ1v) is 8.65. The van der Waals surface area contributed by atoms with Crippen LogP contribution in [0.25, 0.3) is 0 Å². The summed E-state index contributed by atoms with van der Waals surface area (Å²) in [5, 5.41) is 14.3. The first-order valence-electron chi connectivity index (χ1n) is 8.65. The minimum Gasteiger partial charge on any atom is -0.497 e. The highest BCUT2D eigenvalue weighted by Crippen LogP contribution is 2.41. The number of carbonyl (C=O) groups is 1. The summed E-state index contributed by atoms with van der Waals surface area (Å²) in [6.45, 7) is 0. The zero-order valence-corrected chi connectivity index (χ0v) is 15.7. The number of hydrogen-bond donors (Lipinski definition) is 1. The number of carbonyl (C=O) groups excluding carboxylic acids is 1. The number of halogens is 3. The third-order valence-corrected chi connectivity index (χ3v) is 4.61. The average Bonchev–Trinajstić information content (AvgIpc) is 3.07. The van der Waals surface area contributed by atoms with E-state index in [1.54, 1.807) is 36.4 Å². The maximum absolute atomic E-state index is 13.6. The second kappa shape index (κ2) is 7.75. The van der Waals surface area contributed by atoms with E-state index in [1.165, 1.54) is 26.4 Å². The van der Waals surface area contributed by atoms with Crippen LogP contribution in [0.15, 0.2) is 53.6 Å². The first-order chi connectivity index (χ1) is 13.7. The van der Waals surface area contributed by atoms with Crippen LogP contribution in [0.5, 0.6) is 11.5 Å². The second-order valence-corrected chi connectivity index (χ2v) is 6.50. The van der Waals surface area contributed by atoms with Gasteiger partial charge in [0.15, 0.2) is 0 Å². The number of alkyl halides is 3. The van der Waals surface area contributed by atoms with Crippen molar-refractivity contribution in [1.29, 1.82) is 0 Å². The zero-order chi connectivity index (χ0) is 21.2. The highest BCUT2D eigenvalue weighted by molar-refractivity contribution is 6.03. The van der Waals surface area contributed by atoms with Crippen LogP contribution in [0.4, 0.5) is 13.2 Å². The van der Waals surface area contributed by atoms with Crippen molar-refractivity contribution in [1.82, 2.24) is 5.01 Å². The van der Waals surface area contributed by atoms with Gasteiger partial charge in [-0.15, -0.1) is 0 Å². The van der Waals surface area contributed by atoms with Gasteiger partial charge < -0.3 is 14.6 Å². The van der Waals surface area contributed by atoms with E-state index in [0.717, 1.165) is 0 Å². The molecule has 9 heteroatoms. The second-order valence-electron chi connectivity index (χ2n) is 6.50. The molecule has 2 aromatic rings. The molecule has 1 heterocycles. The lowest BCUT2D eigenvalue weighted by Crippen LogP contribution is -2.57. The van der Waals surface area contributed by atoms with Gasteiger partial charge in [0, 0.05) is 0 Å². The van der Waals surface area contributed by atoms with E-state index in [9.17, 15) is 23.1 Å². The molecular weight excluding hydrogens is 389 g/mol. The van der Waals surface area contributed by atoms with Crippen LogP contribution in [0, 0.1) is 0 Å². The Morgan fingerprint density at radius 3 is 2.07 bits per heavy atom. The van der Waals surface area contributed by atoms with E-state index < -0.39 is 24.2 Å². The van der Waals surface area contributed by atoms with Gasteiger partial charge in [0.05, 0.1) is 32.8 Å². The third kappa shape index (κ3) is 4.04. The molecular formula is C20H19F3N2O4. The molecule has 29 heavy (non-hydrogen) atoms. The number of nitrogens with zero attached hydrogens (tertiary/aromatic N) is 2. The van der Waals surface area contributed by atoms with Gasteiger partial charge in [0.1, 0.15) is 11.5 Å². The monoisotopic (exact) mass is 408 g/mol. The summed E-state index contributed by atoms with van der Waals surface area (Å²) in [6.07, 6.45) is -6.31. The van der Waals surface area contributed by atoms with Gasteiger partial charge in [-0.2, -0.15) is 23.3 Å². The van der Waals surface area contributed by atoms with Crippen LogP contribution in [0.1, 0.15) is 17.5 Å². The number of benzene rings is 2. The number of methoxy groups -OCH3 is 2. The summed E-state index contributed by atoms with van der Waals surface area (Å²) in [7, 11) is 2.94. The SMILES string of the molecule is COc1ccc(CC(=O)N2N=C(c3ccc(OC)cc3)C[C@@]2(O)C(F)(F)F)cc1. The Kier molecular flexibility index (Phi) is 5.52. The van der Waals surface area contributed by atoms with Crippen LogP contribution in [-0.4, -0.2) is 47.9 Å². The maximum atomic E-state index is 13.6. The Labute approximate surface area is 165 Å². The predicted molar refractivity (Wildman–Crippen MR) is 98.7 cm³/mol. The highest BCUT2D eigenvalue weighted by Gasteiger charge is 2.63. The van der Waals surface area contributed by atoms with Crippen molar-refractivity contribution in [2.75, 3.05) is 14.2 Å². The molecule has 1 amide bonds. The lowest BCUT2D eigenvalue weighted by Gasteiger charge is -2.32. The van der Waals surface area contributed by atoms with E-state index >= 15 is 0 Å². The number of amides is 1. The number of ether oxygens (including phenoxy) is 2. The molecule has 0 saturated carbocycles. The van der Waals surface area contributed by atoms with Gasteiger partial charge in [-0.05, 0) is 47.5 Å². The van der Waals surface area contributed by atoms with Crippen LogP contribution < -0.4 is 9.47 Å². The van der Waals surface area contributed by atoms with Crippen LogP contribution >= 0.6 is 0 Å². The van der Waals surface area contributed by atoms with Gasteiger partial charge in [-0.1, -0.05) is 12.1 Å². The molecule has 2 aromatic carbocycles. The van der Waals surface area contributed by atoms with Crippen LogP contribution in [0.2, 0.25) is 0 Å². The van der Waals surface area contributed by atoms with E-state index in [0.29, 0.717) is 22.6 Å². The molecule has 1 aliphatic heterocycles. The molecule has 1 aliphatic rings. The minimum atomic E-state index is -5.08. The van der Waals surface area contributed by atoms with Gasteiger partial charge in [-0.25, -0.2) is 0 Å². The quantitative estimate of drug-likeness (QED) is 0.825. The van der Waals surface area contributed by atoms with Crippen LogP contribution in [0.3, 0.4) is 0 Å². The minimum absolute atomic E-state index is 0.0458. The van der Waals surface area contributed by atoms with E-state index in [1.807, 2.05) is 0 Å². The van der Waals surface area contributed by atoms with E-state index in [2.05, 4.69) is 5.10 Å². The Balaban J connectivity index is 1.90. The summed E-state index contributed by atoms with van der Waals surface area (Å²) in [5.74, 6) is 0.0957. The van der Waals surface area contributed by atoms with Crippen molar-refractivity contribution in [3.05, 3.63) is 59.7 Å². The standard InChI is InChI=1S/C20H19F3N2O4/c1-28-15-7-3-13(4-8-15)11-18(26)25-19(27,20(21,22)23)12-17(24-25)14-5-9-16(29-2)10-6-14/h3-10,27H,11-12H2,1-2H3/t19-/m1/s1. The van der Waals surface area contributed by atoms with E-state index in [4.69, 9.17) is 9.47 Å². The lowest BCUT2D eigenvalue weighted by atomic mass is 10.0. The van der Waals surface area contributed by atoms with Crippen LogP contribution in [-0.2, 0) is 11.2 Å². The van der Waals surface area contributed by atoms with Gasteiger partial charge in [0.2, 0.25) is 5.91 Å². The molecule has 0 saturated heterocycles. The zero-order valence-electron chi connectivity index (χ0n) is 15.7. The molecule has 154 valence electrons. The number of hydrogen-bond acceptors (Lipinski definition) is 5. The summed E-state index contributed by atoms with van der Waals surface area (Å²) in [4.78, 5) is 12.6. The van der Waals surface area contributed by atoms with Gasteiger partial charge >= 0.3 is 6.18 Å². The molecule has 0 unspecified atom stereocenters. The fraction of sp³-hybridized carbons (Fsp3) is 0.300. The van der Waals surface area contributed by atoms with Crippen molar-refractivity contribution in [3.8, 4) is 11.5 Å². The largest absolute Gasteiger partial charge is 0.497 e. The van der Waals surface area contributed by atoms with Crippen molar-refractivity contribution >= 4 is 11.6 Å². The Morgan fingerprint density at radius 1 is 1.07 bits per heavy atom. The molecule has 0 aromatic heterocycles. The Bertz CT molecular complexity index is 911. The van der Waals surface area contributed by atoms with Crippen molar-refractivity contribution in [2.45, 2.75) is 24.7 Å². The predicted octanol–water partition coefficient (Wildman–Crippen LogP) is 3.13. The molecule has 0 spiro atoms. The topological polar surface area (TPSA) is 71.4 Å². The van der Waals surface area contributed by atoms with Gasteiger partial charge in [-0.3, -0.25) is 4.79 Å². The molecule has 1 N–H and O–H groups in total. The lowest BCUT2D eigenvalue weighted by molar-refractivity contribution is -0.302. The fourth-order valence-electron chi connectivity index (χ4n) is 2.97. The summed E-state index contributed by atoms with van der Waals surface area (Å²) in [6, 6.07) is 12.5. The van der Waals surface area contributed by atoms with Crippen molar-refractivity contribution in [2.24, 2.45) is 5.10 Å². The maximum Gasteiger partial charge on any atom is 0.438 e. The Hall–Kier alpha value is -3.07. The molecule has 3 rings (SSSR count). The summed E-state index contributed by atoms with van der Waals surface area (Å²) < 4.78 is 51.0. The normalized spacial score (nSPS) is 19.1. The van der Waals surface area contributed by atoms with Gasteiger partial charge in [0.25, 0.3) is 5.72 Å². The average molecular weight is 408 g/mol. The summed E-state index contributed by atoms with van der Waals surface area (Å²) in [5.41, 5.74) is -2.64. The smallest absolute Gasteiger partial charge is 0.438 e. The molecule has 6 nitrogen and oxygen atoms in total. The third-order valence-electron chi connectivity index (χ3n) is 4.61. The molecule has 0 radical (unpaired) electrons. The number of rotatable bonds is 5. The summed E-state index contributed by atoms with van der Waals surface area (Å²) >= 11 is 0. The van der Waals surface area contributed by atoms with Crippen molar-refractivity contribution < 1.29 is 32.5 Å². The number of hydrazone groups is 1. The molecule has 0 bridgehead atoms. The number of aliphatic hydroxyl groups is 1. The molecule has 0 fully saturated rings. The fourth-order valence-corrected chi connectivity index (χ4v) is 2.97. The molecule has 0 aliphatic carbocycles. The van der Waals surface area contributed by atoms with Crippen molar-refractivity contribution in [3.63, 3.8) is 0 Å². The Morgan fingerprint density at radius 2 is 1.59 bits per heavy atom. The first kappa shape index (κ1) is 20.7.